The highest BCUT2D eigenvalue weighted by molar-refractivity contribution is 7.92. The number of nitrogen functional groups attached to an aromatic ring is 1. The molecule has 0 saturated heterocycles. The fourth-order valence-electron chi connectivity index (χ4n) is 3.46. The second-order valence-corrected chi connectivity index (χ2v) is 9.86. The van der Waals surface area contributed by atoms with Crippen molar-refractivity contribution in [3.8, 4) is 0 Å². The van der Waals surface area contributed by atoms with Crippen LogP contribution in [0.1, 0.15) is 30.6 Å². The molecule has 0 saturated carbocycles. The predicted octanol–water partition coefficient (Wildman–Crippen LogP) is 1.44. The molecule has 0 fully saturated rings. The van der Waals surface area contributed by atoms with Gasteiger partial charge in [0.05, 0.1) is 19.7 Å². The molecule has 194 valence electrons. The number of fused-ring (bicyclic) bond motifs is 1. The number of rotatable bonds is 11. The molecule has 0 aliphatic heterocycles. The van der Waals surface area contributed by atoms with Gasteiger partial charge in [0.1, 0.15) is 21.9 Å². The van der Waals surface area contributed by atoms with Crippen molar-refractivity contribution in [2.45, 2.75) is 32.0 Å². The Morgan fingerprint density at radius 3 is 2.56 bits per heavy atom. The Labute approximate surface area is 207 Å². The second kappa shape index (κ2) is 11.8. The molecule has 3 aromatic rings. The number of carbonyl (C=O) groups is 2. The summed E-state index contributed by atoms with van der Waals surface area (Å²) in [6, 6.07) is 9.05. The van der Waals surface area contributed by atoms with Crippen molar-refractivity contribution in [1.29, 1.82) is 4.78 Å². The minimum absolute atomic E-state index is 0.0152. The van der Waals surface area contributed by atoms with Gasteiger partial charge in [0, 0.05) is 12.3 Å². The summed E-state index contributed by atoms with van der Waals surface area (Å²) in [7, 11) is -3.35. The van der Waals surface area contributed by atoms with Gasteiger partial charge in [0.15, 0.2) is 11.5 Å². The van der Waals surface area contributed by atoms with E-state index in [9.17, 15) is 18.6 Å². The average Bonchev–Trinajstić information content (AvgIpc) is 3.11. The van der Waals surface area contributed by atoms with Crippen LogP contribution in [0.5, 0.6) is 0 Å². The number of ether oxygens (including phenoxy) is 2. The smallest absolute Gasteiger partial charge is 0.435 e. The van der Waals surface area contributed by atoms with E-state index in [4.69, 9.17) is 15.3 Å². The third-order valence-electron chi connectivity index (χ3n) is 5.03. The van der Waals surface area contributed by atoms with Crippen LogP contribution in [0.25, 0.3) is 11.2 Å². The lowest BCUT2D eigenvalue weighted by Crippen LogP contribution is -2.36. The quantitative estimate of drug-likeness (QED) is 0.190. The maximum atomic E-state index is 13.4. The van der Waals surface area contributed by atoms with Crippen LogP contribution in [0.3, 0.4) is 0 Å². The zero-order chi connectivity index (χ0) is 26.3. The first-order valence-electron chi connectivity index (χ1n) is 11.3. The molecule has 1 atom stereocenters. The minimum atomic E-state index is -3.35. The maximum absolute atomic E-state index is 13.4. The summed E-state index contributed by atoms with van der Waals surface area (Å²) in [5, 5.41) is 2.51. The second-order valence-electron chi connectivity index (χ2n) is 7.73. The Hall–Kier alpha value is -3.78. The highest BCUT2D eigenvalue weighted by Crippen LogP contribution is 2.21. The Bertz CT molecular complexity index is 1400. The number of nitrogens with one attached hydrogen (secondary N) is 2. The van der Waals surface area contributed by atoms with E-state index in [-0.39, 0.29) is 60.7 Å². The van der Waals surface area contributed by atoms with Crippen LogP contribution in [-0.2, 0) is 25.7 Å². The molecular formula is C22H29N7O6S. The van der Waals surface area contributed by atoms with E-state index in [2.05, 4.69) is 20.0 Å². The van der Waals surface area contributed by atoms with Gasteiger partial charge in [-0.05, 0) is 18.9 Å². The molecule has 2 aromatic heterocycles. The average molecular weight is 520 g/mol. The van der Waals surface area contributed by atoms with Gasteiger partial charge >= 0.3 is 11.8 Å². The predicted molar refractivity (Wildman–Crippen MR) is 133 cm³/mol. The lowest BCUT2D eigenvalue weighted by molar-refractivity contribution is 0.0597. The van der Waals surface area contributed by atoms with Gasteiger partial charge in [-0.25, -0.2) is 28.1 Å². The van der Waals surface area contributed by atoms with Crippen molar-refractivity contribution >= 4 is 38.8 Å². The molecule has 0 aliphatic rings. The molecule has 0 amide bonds. The SMILES string of the molecule is CCCS(=N)(=O)c1nc(N)c2c(n1)n(Cc1ccccc1)c(=O)n2C(=O)CNCCOC(=O)OCC. The lowest BCUT2D eigenvalue weighted by Gasteiger charge is -2.08. The van der Waals surface area contributed by atoms with Crippen LogP contribution in [0.4, 0.5) is 10.6 Å². The highest BCUT2D eigenvalue weighted by atomic mass is 32.2. The molecule has 0 radical (unpaired) electrons. The standard InChI is InChI=1S/C22H29N7O6S/c1-3-12-36(24,33)20-26-18(23)17-19(27-20)28(14-15-8-6-5-7-9-15)21(31)29(17)16(30)13-25-10-11-35-22(32)34-4-2/h5-9,24-25H,3-4,10-14H2,1-2H3,(H2,23,26,27). The number of imidazole rings is 1. The van der Waals surface area contributed by atoms with Gasteiger partial charge < -0.3 is 20.5 Å². The van der Waals surface area contributed by atoms with Crippen LogP contribution < -0.4 is 16.7 Å². The first kappa shape index (κ1) is 26.8. The Morgan fingerprint density at radius 2 is 1.89 bits per heavy atom. The van der Waals surface area contributed by atoms with Gasteiger partial charge in [-0.3, -0.25) is 9.36 Å². The van der Waals surface area contributed by atoms with Crippen LogP contribution >= 0.6 is 0 Å². The number of anilines is 1. The molecule has 36 heavy (non-hydrogen) atoms. The molecule has 0 spiro atoms. The van der Waals surface area contributed by atoms with Gasteiger partial charge in [-0.2, -0.15) is 4.98 Å². The summed E-state index contributed by atoms with van der Waals surface area (Å²) in [6.45, 7) is 3.50. The molecular weight excluding hydrogens is 490 g/mol. The van der Waals surface area contributed by atoms with Crippen LogP contribution in [0, 0.1) is 4.78 Å². The van der Waals surface area contributed by atoms with Crippen LogP contribution in [-0.4, -0.2) is 67.4 Å². The number of benzene rings is 1. The lowest BCUT2D eigenvalue weighted by atomic mass is 10.2. The van der Waals surface area contributed by atoms with Gasteiger partial charge in [-0.1, -0.05) is 37.3 Å². The molecule has 0 bridgehead atoms. The third-order valence-corrected chi connectivity index (χ3v) is 6.79. The maximum Gasteiger partial charge on any atom is 0.508 e. The summed E-state index contributed by atoms with van der Waals surface area (Å²) < 4.78 is 32.6. The fraction of sp³-hybridized carbons (Fsp3) is 0.409. The largest absolute Gasteiger partial charge is 0.508 e. The van der Waals surface area contributed by atoms with Crippen molar-refractivity contribution in [2.24, 2.45) is 0 Å². The number of hydrogen-bond donors (Lipinski definition) is 3. The van der Waals surface area contributed by atoms with Crippen molar-refractivity contribution in [3.05, 3.63) is 46.4 Å². The van der Waals surface area contributed by atoms with Crippen LogP contribution in [0.2, 0.25) is 0 Å². The number of carbonyl (C=O) groups excluding carboxylic acids is 2. The molecule has 0 aliphatic carbocycles. The van der Waals surface area contributed by atoms with Crippen molar-refractivity contribution in [3.63, 3.8) is 0 Å². The number of nitrogens with zero attached hydrogens (tertiary/aromatic N) is 4. The first-order valence-corrected chi connectivity index (χ1v) is 13.0. The van der Waals surface area contributed by atoms with Gasteiger partial charge in [0.2, 0.25) is 11.1 Å². The van der Waals surface area contributed by atoms with E-state index in [0.29, 0.717) is 6.42 Å². The summed E-state index contributed by atoms with van der Waals surface area (Å²) in [5.41, 5.74) is 6.18. The molecule has 14 heteroatoms. The Balaban J connectivity index is 1.97. The summed E-state index contributed by atoms with van der Waals surface area (Å²) in [4.78, 5) is 45.9. The summed E-state index contributed by atoms with van der Waals surface area (Å²) >= 11 is 0. The van der Waals surface area contributed by atoms with Crippen molar-refractivity contribution in [2.75, 3.05) is 37.8 Å². The van der Waals surface area contributed by atoms with E-state index in [0.717, 1.165) is 10.1 Å². The van der Waals surface area contributed by atoms with E-state index in [1.165, 1.54) is 4.57 Å². The molecule has 4 N–H and O–H groups in total. The third kappa shape index (κ3) is 6.07. The van der Waals surface area contributed by atoms with Crippen molar-refractivity contribution < 1.29 is 23.3 Å². The fourth-order valence-corrected chi connectivity index (χ4v) is 4.69. The Morgan fingerprint density at radius 1 is 1.17 bits per heavy atom. The zero-order valence-electron chi connectivity index (χ0n) is 20.1. The number of nitrogens with two attached hydrogens (primary N) is 1. The topological polar surface area (TPSA) is 184 Å². The number of hydrogen-bond acceptors (Lipinski definition) is 11. The summed E-state index contributed by atoms with van der Waals surface area (Å²) in [6.07, 6.45) is -0.355. The van der Waals surface area contributed by atoms with Gasteiger partial charge in [0.25, 0.3) is 0 Å². The van der Waals surface area contributed by atoms with E-state index in [1.807, 2.05) is 6.07 Å². The van der Waals surface area contributed by atoms with E-state index < -0.39 is 27.5 Å². The van der Waals surface area contributed by atoms with Crippen LogP contribution in [0.15, 0.2) is 40.3 Å². The van der Waals surface area contributed by atoms with Crippen molar-refractivity contribution in [1.82, 2.24) is 24.4 Å². The normalized spacial score (nSPS) is 12.8. The van der Waals surface area contributed by atoms with E-state index in [1.54, 1.807) is 38.1 Å². The monoisotopic (exact) mass is 519 g/mol. The molecule has 3 rings (SSSR count). The molecule has 1 aromatic carbocycles. The van der Waals surface area contributed by atoms with Gasteiger partial charge in [-0.15, -0.1) is 0 Å². The highest BCUT2D eigenvalue weighted by Gasteiger charge is 2.25. The number of aromatic nitrogens is 4. The molecule has 1 unspecified atom stereocenters. The Kier molecular flexibility index (Phi) is 8.77. The molecule has 13 nitrogen and oxygen atoms in total. The summed E-state index contributed by atoms with van der Waals surface area (Å²) in [5.74, 6) is -0.844. The van der Waals surface area contributed by atoms with E-state index >= 15 is 0 Å². The zero-order valence-corrected chi connectivity index (χ0v) is 20.9. The molecule has 2 heterocycles. The first-order chi connectivity index (χ1) is 17.2. The minimum Gasteiger partial charge on any atom is -0.435 e.